The summed E-state index contributed by atoms with van der Waals surface area (Å²) in [5, 5.41) is 2.92. The first-order valence-corrected chi connectivity index (χ1v) is 8.42. The molecule has 1 amide bonds. The number of carbonyl (C=O) groups is 1. The summed E-state index contributed by atoms with van der Waals surface area (Å²) in [7, 11) is 4.57. The lowest BCUT2D eigenvalue weighted by atomic mass is 9.99. The van der Waals surface area contributed by atoms with Gasteiger partial charge in [-0.3, -0.25) is 4.79 Å². The van der Waals surface area contributed by atoms with Crippen molar-refractivity contribution in [3.8, 4) is 17.2 Å². The van der Waals surface area contributed by atoms with E-state index < -0.39 is 0 Å². The number of rotatable bonds is 6. The van der Waals surface area contributed by atoms with Crippen molar-refractivity contribution in [2.75, 3.05) is 27.9 Å². The van der Waals surface area contributed by atoms with Crippen LogP contribution in [0.1, 0.15) is 21.5 Å². The Balaban J connectivity index is 1.67. The van der Waals surface area contributed by atoms with Crippen LogP contribution in [0.5, 0.6) is 17.2 Å². The lowest BCUT2D eigenvalue weighted by molar-refractivity contribution is 0.0285. The summed E-state index contributed by atoms with van der Waals surface area (Å²) in [5.41, 5.74) is 2.92. The average Bonchev–Trinajstić information content (AvgIpc) is 2.70. The highest BCUT2D eigenvalue weighted by atomic mass is 16.5. The maximum atomic E-state index is 12.6. The molecule has 1 heterocycles. The highest BCUT2D eigenvalue weighted by Gasteiger charge is 2.21. The van der Waals surface area contributed by atoms with E-state index in [1.165, 1.54) is 32.5 Å². The zero-order valence-electron chi connectivity index (χ0n) is 15.2. The van der Waals surface area contributed by atoms with E-state index in [0.717, 1.165) is 6.42 Å². The molecule has 0 aromatic heterocycles. The molecule has 0 fully saturated rings. The van der Waals surface area contributed by atoms with Crippen molar-refractivity contribution in [1.29, 1.82) is 0 Å². The van der Waals surface area contributed by atoms with E-state index in [1.54, 1.807) is 12.1 Å². The van der Waals surface area contributed by atoms with Gasteiger partial charge in [-0.2, -0.15) is 0 Å². The van der Waals surface area contributed by atoms with E-state index in [1.807, 2.05) is 12.1 Å². The molecule has 1 unspecified atom stereocenters. The number of ether oxygens (including phenoxy) is 4. The fraction of sp³-hybridized carbons (Fsp3) is 0.350. The summed E-state index contributed by atoms with van der Waals surface area (Å²) in [6.45, 7) is 1.00. The molecule has 0 spiro atoms. The maximum absolute atomic E-state index is 12.6. The molecule has 1 N–H and O–H groups in total. The molecule has 2 aromatic carbocycles. The second-order valence-corrected chi connectivity index (χ2v) is 6.03. The van der Waals surface area contributed by atoms with Crippen LogP contribution < -0.4 is 19.5 Å². The molecule has 6 heteroatoms. The lowest BCUT2D eigenvalue weighted by Crippen LogP contribution is -2.36. The Bertz CT molecular complexity index is 765. The Morgan fingerprint density at radius 2 is 1.73 bits per heavy atom. The van der Waals surface area contributed by atoms with Gasteiger partial charge in [-0.1, -0.05) is 24.3 Å². The molecule has 3 rings (SSSR count). The van der Waals surface area contributed by atoms with Crippen LogP contribution >= 0.6 is 0 Å². The van der Waals surface area contributed by atoms with E-state index in [-0.39, 0.29) is 12.0 Å². The van der Waals surface area contributed by atoms with E-state index in [2.05, 4.69) is 17.4 Å². The highest BCUT2D eigenvalue weighted by molar-refractivity contribution is 5.95. The molecular formula is C20H23NO5. The number of methoxy groups -OCH3 is 3. The van der Waals surface area contributed by atoms with E-state index >= 15 is 0 Å². The van der Waals surface area contributed by atoms with Crippen LogP contribution in [-0.2, 0) is 17.8 Å². The smallest absolute Gasteiger partial charge is 0.251 e. The Kier molecular flexibility index (Phi) is 5.63. The minimum atomic E-state index is -0.216. The third-order valence-electron chi connectivity index (χ3n) is 4.46. The summed E-state index contributed by atoms with van der Waals surface area (Å²) >= 11 is 0. The van der Waals surface area contributed by atoms with Gasteiger partial charge < -0.3 is 24.3 Å². The van der Waals surface area contributed by atoms with Crippen molar-refractivity contribution in [2.45, 2.75) is 19.1 Å². The highest BCUT2D eigenvalue weighted by Crippen LogP contribution is 2.38. The summed E-state index contributed by atoms with van der Waals surface area (Å²) in [6.07, 6.45) is 0.738. The van der Waals surface area contributed by atoms with Gasteiger partial charge in [0, 0.05) is 18.5 Å². The standard InChI is InChI=1S/C20H23NO5/c1-23-17-9-15(10-18(24-2)19(17)25-3)20(22)21-11-16-8-13-6-4-5-7-14(13)12-26-16/h4-7,9-10,16H,8,11-12H2,1-3H3,(H,21,22). The second kappa shape index (κ2) is 8.10. The predicted octanol–water partition coefficient (Wildman–Crippen LogP) is 2.58. The number of nitrogens with one attached hydrogen (secondary N) is 1. The normalized spacial score (nSPS) is 15.7. The first-order valence-electron chi connectivity index (χ1n) is 8.42. The van der Waals surface area contributed by atoms with Gasteiger partial charge in [-0.05, 0) is 23.3 Å². The van der Waals surface area contributed by atoms with Gasteiger partial charge in [0.25, 0.3) is 5.91 Å². The summed E-state index contributed by atoms with van der Waals surface area (Å²) in [4.78, 5) is 12.6. The van der Waals surface area contributed by atoms with Crippen LogP contribution in [0.25, 0.3) is 0 Å². The average molecular weight is 357 g/mol. The van der Waals surface area contributed by atoms with Crippen molar-refractivity contribution < 1.29 is 23.7 Å². The molecule has 0 bridgehead atoms. The van der Waals surface area contributed by atoms with Crippen LogP contribution in [0.2, 0.25) is 0 Å². The number of hydrogen-bond donors (Lipinski definition) is 1. The van der Waals surface area contributed by atoms with E-state index in [0.29, 0.717) is 36.0 Å². The monoisotopic (exact) mass is 357 g/mol. The number of hydrogen-bond acceptors (Lipinski definition) is 5. The van der Waals surface area contributed by atoms with Gasteiger partial charge in [0.15, 0.2) is 11.5 Å². The molecule has 0 saturated heterocycles. The van der Waals surface area contributed by atoms with Gasteiger partial charge in [0.2, 0.25) is 5.75 Å². The SMILES string of the molecule is COc1cc(C(=O)NCC2Cc3ccccc3CO2)cc(OC)c1OC. The van der Waals surface area contributed by atoms with Gasteiger partial charge >= 0.3 is 0 Å². The van der Waals surface area contributed by atoms with Crippen LogP contribution in [0.4, 0.5) is 0 Å². The molecule has 1 atom stereocenters. The predicted molar refractivity (Wildman–Crippen MR) is 97.2 cm³/mol. The molecule has 1 aliphatic heterocycles. The summed E-state index contributed by atoms with van der Waals surface area (Å²) in [5.74, 6) is 1.13. The largest absolute Gasteiger partial charge is 0.493 e. The van der Waals surface area contributed by atoms with Gasteiger partial charge in [-0.25, -0.2) is 0 Å². The van der Waals surface area contributed by atoms with Crippen LogP contribution in [0.3, 0.4) is 0 Å². The quantitative estimate of drug-likeness (QED) is 0.861. The Hall–Kier alpha value is -2.73. The minimum Gasteiger partial charge on any atom is -0.493 e. The Labute approximate surface area is 153 Å². The molecule has 0 aliphatic carbocycles. The van der Waals surface area contributed by atoms with E-state index in [4.69, 9.17) is 18.9 Å². The van der Waals surface area contributed by atoms with Crippen LogP contribution in [0.15, 0.2) is 36.4 Å². The lowest BCUT2D eigenvalue weighted by Gasteiger charge is -2.25. The third kappa shape index (κ3) is 3.75. The van der Waals surface area contributed by atoms with Crippen molar-refractivity contribution in [1.82, 2.24) is 5.32 Å². The minimum absolute atomic E-state index is 0.0455. The maximum Gasteiger partial charge on any atom is 0.251 e. The number of carbonyl (C=O) groups excluding carboxylic acids is 1. The Morgan fingerprint density at radius 3 is 2.35 bits per heavy atom. The molecular weight excluding hydrogens is 334 g/mol. The first-order chi connectivity index (χ1) is 12.7. The molecule has 6 nitrogen and oxygen atoms in total. The van der Waals surface area contributed by atoms with Crippen molar-refractivity contribution >= 4 is 5.91 Å². The molecule has 138 valence electrons. The number of benzene rings is 2. The van der Waals surface area contributed by atoms with E-state index in [9.17, 15) is 4.79 Å². The molecule has 0 saturated carbocycles. The third-order valence-corrected chi connectivity index (χ3v) is 4.46. The Morgan fingerprint density at radius 1 is 1.08 bits per heavy atom. The number of fused-ring (bicyclic) bond motifs is 1. The fourth-order valence-electron chi connectivity index (χ4n) is 3.06. The number of amides is 1. The summed E-state index contributed by atoms with van der Waals surface area (Å²) < 4.78 is 21.7. The molecule has 26 heavy (non-hydrogen) atoms. The van der Waals surface area contributed by atoms with Gasteiger partial charge in [-0.15, -0.1) is 0 Å². The molecule has 0 radical (unpaired) electrons. The first kappa shape index (κ1) is 18.1. The zero-order chi connectivity index (χ0) is 18.5. The fourth-order valence-corrected chi connectivity index (χ4v) is 3.06. The van der Waals surface area contributed by atoms with Gasteiger partial charge in [0.05, 0.1) is 34.0 Å². The van der Waals surface area contributed by atoms with Crippen LogP contribution in [-0.4, -0.2) is 39.9 Å². The topological polar surface area (TPSA) is 66.0 Å². The van der Waals surface area contributed by atoms with Gasteiger partial charge in [0.1, 0.15) is 0 Å². The molecule has 1 aliphatic rings. The summed E-state index contributed by atoms with van der Waals surface area (Å²) in [6, 6.07) is 11.5. The zero-order valence-corrected chi connectivity index (χ0v) is 15.2. The van der Waals surface area contributed by atoms with Crippen molar-refractivity contribution in [2.24, 2.45) is 0 Å². The molecule has 2 aromatic rings. The van der Waals surface area contributed by atoms with Crippen molar-refractivity contribution in [3.63, 3.8) is 0 Å². The second-order valence-electron chi connectivity index (χ2n) is 6.03. The van der Waals surface area contributed by atoms with Crippen LogP contribution in [0, 0.1) is 0 Å². The van der Waals surface area contributed by atoms with Crippen molar-refractivity contribution in [3.05, 3.63) is 53.1 Å².